The molecule has 7 nitrogen and oxygen atoms in total. The van der Waals surface area contributed by atoms with Crippen molar-refractivity contribution in [3.8, 4) is 0 Å². The van der Waals surface area contributed by atoms with Crippen LogP contribution in [0.5, 0.6) is 0 Å². The van der Waals surface area contributed by atoms with Gasteiger partial charge >= 0.3 is 0 Å². The van der Waals surface area contributed by atoms with Crippen LogP contribution in [0.15, 0.2) is 106 Å². The first-order chi connectivity index (χ1) is 21.0. The van der Waals surface area contributed by atoms with Crippen molar-refractivity contribution in [2.45, 2.75) is 51.6 Å². The third-order valence-corrected chi connectivity index (χ3v) is 9.81. The van der Waals surface area contributed by atoms with E-state index < -0.39 is 28.5 Å². The quantitative estimate of drug-likeness (QED) is 0.190. The molecule has 0 aromatic heterocycles. The monoisotopic (exact) mass is 675 g/mol. The highest BCUT2D eigenvalue weighted by molar-refractivity contribution is 9.10. The number of hydrogen-bond acceptors (Lipinski definition) is 4. The Hall–Kier alpha value is -3.95. The van der Waals surface area contributed by atoms with E-state index >= 15 is 0 Å². The third kappa shape index (κ3) is 8.15. The normalized spacial score (nSPS) is 11.9. The summed E-state index contributed by atoms with van der Waals surface area (Å²) >= 11 is 3.50. The Morgan fingerprint density at radius 3 is 2.14 bits per heavy atom. The Morgan fingerprint density at radius 1 is 0.818 bits per heavy atom. The van der Waals surface area contributed by atoms with Crippen LogP contribution < -0.4 is 9.62 Å². The first-order valence-electron chi connectivity index (χ1n) is 14.5. The fourth-order valence-corrected chi connectivity index (χ4v) is 6.78. The molecule has 9 heteroatoms. The number of halogens is 1. The number of anilines is 1. The highest BCUT2D eigenvalue weighted by Gasteiger charge is 2.34. The predicted octanol–water partition coefficient (Wildman–Crippen LogP) is 6.35. The van der Waals surface area contributed by atoms with E-state index in [-0.39, 0.29) is 23.8 Å². The molecule has 0 saturated heterocycles. The minimum atomic E-state index is -4.15. The van der Waals surface area contributed by atoms with E-state index in [9.17, 15) is 18.0 Å². The number of aryl methyl sites for hydroxylation is 3. The van der Waals surface area contributed by atoms with Gasteiger partial charge in [-0.05, 0) is 86.3 Å². The molecule has 2 amide bonds. The van der Waals surface area contributed by atoms with Crippen LogP contribution in [0.1, 0.15) is 34.7 Å². The molecule has 0 fully saturated rings. The highest BCUT2D eigenvalue weighted by atomic mass is 79.9. The Balaban J connectivity index is 1.81. The number of rotatable bonds is 12. The lowest BCUT2D eigenvalue weighted by molar-refractivity contribution is -0.140. The molecule has 0 bridgehead atoms. The number of carbonyl (C=O) groups is 2. The number of carbonyl (C=O) groups excluding carboxylic acids is 2. The molecule has 0 radical (unpaired) electrons. The van der Waals surface area contributed by atoms with Crippen molar-refractivity contribution in [2.75, 3.05) is 17.4 Å². The van der Waals surface area contributed by atoms with Gasteiger partial charge in [0.25, 0.3) is 10.0 Å². The van der Waals surface area contributed by atoms with Gasteiger partial charge in [-0.1, -0.05) is 82.2 Å². The highest BCUT2D eigenvalue weighted by Crippen LogP contribution is 2.27. The lowest BCUT2D eigenvalue weighted by Gasteiger charge is -2.34. The second kappa shape index (κ2) is 14.7. The summed E-state index contributed by atoms with van der Waals surface area (Å²) in [5, 5.41) is 2.88. The van der Waals surface area contributed by atoms with Crippen molar-refractivity contribution >= 4 is 43.5 Å². The third-order valence-electron chi connectivity index (χ3n) is 7.53. The zero-order valence-electron chi connectivity index (χ0n) is 25.5. The topological polar surface area (TPSA) is 86.8 Å². The number of sulfonamides is 1. The standard InChI is InChI=1S/C35H38BrN3O4S/c1-5-37-35(41)33(22-28-10-7-6-8-11-28)38(23-29-12-9-13-30(36)21-29)34(40)24-39(31-17-16-26(3)27(4)20-31)44(42,43)32-18-14-25(2)15-19-32/h6-21,33H,5,22-24H2,1-4H3,(H,37,41)/t33-/m1/s1. The molecular formula is C35H38BrN3O4S. The van der Waals surface area contributed by atoms with Gasteiger partial charge in [-0.15, -0.1) is 0 Å². The van der Waals surface area contributed by atoms with Gasteiger partial charge in [-0.3, -0.25) is 13.9 Å². The van der Waals surface area contributed by atoms with Crippen LogP contribution in [0.25, 0.3) is 0 Å². The summed E-state index contributed by atoms with van der Waals surface area (Å²) in [5.41, 5.74) is 4.88. The van der Waals surface area contributed by atoms with E-state index in [4.69, 9.17) is 0 Å². The lowest BCUT2D eigenvalue weighted by atomic mass is 10.0. The van der Waals surface area contributed by atoms with E-state index in [1.165, 1.54) is 4.90 Å². The molecule has 0 unspecified atom stereocenters. The van der Waals surface area contributed by atoms with Gasteiger partial charge in [-0.25, -0.2) is 8.42 Å². The molecular weight excluding hydrogens is 638 g/mol. The van der Waals surface area contributed by atoms with Gasteiger partial charge in [-0.2, -0.15) is 0 Å². The molecule has 4 aromatic rings. The van der Waals surface area contributed by atoms with Gasteiger partial charge in [0.1, 0.15) is 12.6 Å². The Labute approximate surface area is 269 Å². The first-order valence-corrected chi connectivity index (χ1v) is 16.7. The van der Waals surface area contributed by atoms with Gasteiger partial charge < -0.3 is 10.2 Å². The van der Waals surface area contributed by atoms with E-state index in [2.05, 4.69) is 21.2 Å². The fourth-order valence-electron chi connectivity index (χ4n) is 4.92. The molecule has 0 heterocycles. The maximum absolute atomic E-state index is 14.5. The van der Waals surface area contributed by atoms with Crippen LogP contribution in [0, 0.1) is 20.8 Å². The van der Waals surface area contributed by atoms with Gasteiger partial charge in [0.05, 0.1) is 10.6 Å². The zero-order valence-corrected chi connectivity index (χ0v) is 27.9. The predicted molar refractivity (Wildman–Crippen MR) is 179 cm³/mol. The van der Waals surface area contributed by atoms with E-state index in [0.29, 0.717) is 12.2 Å². The number of nitrogens with one attached hydrogen (secondary N) is 1. The lowest BCUT2D eigenvalue weighted by Crippen LogP contribution is -2.53. The van der Waals surface area contributed by atoms with Crippen LogP contribution in [0.2, 0.25) is 0 Å². The molecule has 4 aromatic carbocycles. The van der Waals surface area contributed by atoms with Crippen LogP contribution >= 0.6 is 15.9 Å². The van der Waals surface area contributed by atoms with Crippen molar-refractivity contribution in [3.05, 3.63) is 129 Å². The summed E-state index contributed by atoms with van der Waals surface area (Å²) in [4.78, 5) is 29.6. The largest absolute Gasteiger partial charge is 0.355 e. The summed E-state index contributed by atoms with van der Waals surface area (Å²) in [6.45, 7) is 7.57. The Morgan fingerprint density at radius 2 is 1.50 bits per heavy atom. The van der Waals surface area contributed by atoms with E-state index in [1.807, 2.05) is 88.4 Å². The molecule has 0 aliphatic heterocycles. The van der Waals surface area contributed by atoms with Crippen molar-refractivity contribution < 1.29 is 18.0 Å². The number of likely N-dealkylation sites (N-methyl/N-ethyl adjacent to an activating group) is 1. The minimum absolute atomic E-state index is 0.0808. The molecule has 0 spiro atoms. The number of amides is 2. The van der Waals surface area contributed by atoms with Gasteiger partial charge in [0.2, 0.25) is 11.8 Å². The SMILES string of the molecule is CCNC(=O)[C@@H](Cc1ccccc1)N(Cc1cccc(Br)c1)C(=O)CN(c1ccc(C)c(C)c1)S(=O)(=O)c1ccc(C)cc1. The van der Waals surface area contributed by atoms with Gasteiger partial charge in [0, 0.05) is 24.0 Å². The average molecular weight is 677 g/mol. The zero-order chi connectivity index (χ0) is 31.9. The van der Waals surface area contributed by atoms with Crippen molar-refractivity contribution in [1.82, 2.24) is 10.2 Å². The fraction of sp³-hybridized carbons (Fsp3) is 0.257. The Kier molecular flexibility index (Phi) is 11.0. The summed E-state index contributed by atoms with van der Waals surface area (Å²) in [6, 6.07) is 28.0. The second-order valence-corrected chi connectivity index (χ2v) is 13.6. The molecule has 1 N–H and O–H groups in total. The molecule has 0 aliphatic rings. The Bertz CT molecular complexity index is 1710. The van der Waals surface area contributed by atoms with E-state index in [1.54, 1.807) is 36.4 Å². The van der Waals surface area contributed by atoms with Crippen LogP contribution in [0.3, 0.4) is 0 Å². The maximum atomic E-state index is 14.5. The average Bonchev–Trinajstić information content (AvgIpc) is 3.00. The molecule has 0 saturated carbocycles. The molecule has 1 atom stereocenters. The van der Waals surface area contributed by atoms with Gasteiger partial charge in [0.15, 0.2) is 0 Å². The summed E-state index contributed by atoms with van der Waals surface area (Å²) in [5.74, 6) is -0.801. The van der Waals surface area contributed by atoms with Crippen LogP contribution in [-0.2, 0) is 32.6 Å². The molecule has 4 rings (SSSR count). The molecule has 230 valence electrons. The second-order valence-electron chi connectivity index (χ2n) is 10.8. The number of nitrogens with zero attached hydrogens (tertiary/aromatic N) is 2. The first kappa shape index (κ1) is 33.0. The summed E-state index contributed by atoms with van der Waals surface area (Å²) < 4.78 is 30.3. The smallest absolute Gasteiger partial charge is 0.264 e. The van der Waals surface area contributed by atoms with E-state index in [0.717, 1.165) is 36.6 Å². The van der Waals surface area contributed by atoms with Crippen LogP contribution in [0.4, 0.5) is 5.69 Å². The summed E-state index contributed by atoms with van der Waals surface area (Å²) in [7, 11) is -4.15. The molecule has 0 aliphatic carbocycles. The molecule has 44 heavy (non-hydrogen) atoms. The number of benzene rings is 4. The number of hydrogen-bond donors (Lipinski definition) is 1. The minimum Gasteiger partial charge on any atom is -0.355 e. The summed E-state index contributed by atoms with van der Waals surface area (Å²) in [6.07, 6.45) is 0.265. The van der Waals surface area contributed by atoms with Crippen LogP contribution in [-0.4, -0.2) is 44.3 Å². The van der Waals surface area contributed by atoms with Crippen molar-refractivity contribution in [1.29, 1.82) is 0 Å². The van der Waals surface area contributed by atoms with Crippen molar-refractivity contribution in [3.63, 3.8) is 0 Å². The maximum Gasteiger partial charge on any atom is 0.264 e. The van der Waals surface area contributed by atoms with Crippen molar-refractivity contribution in [2.24, 2.45) is 0 Å².